The first-order chi connectivity index (χ1) is 8.45. The van der Waals surface area contributed by atoms with Gasteiger partial charge in [0.1, 0.15) is 5.82 Å². The highest BCUT2D eigenvalue weighted by molar-refractivity contribution is 6.07. The van der Waals surface area contributed by atoms with E-state index in [0.29, 0.717) is 0 Å². The Kier molecular flexibility index (Phi) is 2.24. The van der Waals surface area contributed by atoms with Crippen LogP contribution in [0.2, 0.25) is 0 Å². The SMILES string of the molecule is CC(C)(C)c1ccc2[nH]c3ccc(F)cc3c2c1. The highest BCUT2D eigenvalue weighted by atomic mass is 19.1. The lowest BCUT2D eigenvalue weighted by Gasteiger charge is -2.18. The van der Waals surface area contributed by atoms with Gasteiger partial charge in [-0.1, -0.05) is 26.8 Å². The van der Waals surface area contributed by atoms with E-state index in [1.54, 1.807) is 12.1 Å². The lowest BCUT2D eigenvalue weighted by molar-refractivity contribution is 0.591. The summed E-state index contributed by atoms with van der Waals surface area (Å²) >= 11 is 0. The van der Waals surface area contributed by atoms with Crippen LogP contribution in [0.5, 0.6) is 0 Å². The minimum absolute atomic E-state index is 0.102. The van der Waals surface area contributed by atoms with E-state index in [1.165, 1.54) is 11.6 Å². The molecule has 0 amide bonds. The van der Waals surface area contributed by atoms with Crippen molar-refractivity contribution in [3.63, 3.8) is 0 Å². The second kappa shape index (κ2) is 3.58. The topological polar surface area (TPSA) is 15.8 Å². The van der Waals surface area contributed by atoms with Crippen LogP contribution in [-0.2, 0) is 5.41 Å². The number of aromatic nitrogens is 1. The summed E-state index contributed by atoms with van der Waals surface area (Å²) in [5.41, 5.74) is 3.41. The quantitative estimate of drug-likeness (QED) is 0.584. The average molecular weight is 241 g/mol. The average Bonchev–Trinajstić information content (AvgIpc) is 2.65. The van der Waals surface area contributed by atoms with Crippen molar-refractivity contribution in [1.29, 1.82) is 0 Å². The summed E-state index contributed by atoms with van der Waals surface area (Å²) < 4.78 is 13.4. The van der Waals surface area contributed by atoms with Crippen LogP contribution in [0.25, 0.3) is 21.8 Å². The Labute approximate surface area is 106 Å². The largest absolute Gasteiger partial charge is 0.355 e. The molecule has 0 spiro atoms. The minimum Gasteiger partial charge on any atom is -0.355 e. The number of hydrogen-bond acceptors (Lipinski definition) is 0. The van der Waals surface area contributed by atoms with Gasteiger partial charge in [-0.2, -0.15) is 0 Å². The Hall–Kier alpha value is -1.83. The van der Waals surface area contributed by atoms with E-state index in [0.717, 1.165) is 21.8 Å². The molecule has 18 heavy (non-hydrogen) atoms. The van der Waals surface area contributed by atoms with E-state index in [1.807, 2.05) is 0 Å². The van der Waals surface area contributed by atoms with Gasteiger partial charge in [-0.3, -0.25) is 0 Å². The van der Waals surface area contributed by atoms with Crippen molar-refractivity contribution in [3.8, 4) is 0 Å². The molecule has 0 saturated heterocycles. The van der Waals surface area contributed by atoms with E-state index in [9.17, 15) is 4.39 Å². The van der Waals surface area contributed by atoms with Gasteiger partial charge in [-0.25, -0.2) is 4.39 Å². The van der Waals surface area contributed by atoms with Gasteiger partial charge >= 0.3 is 0 Å². The van der Waals surface area contributed by atoms with Crippen LogP contribution in [0.4, 0.5) is 4.39 Å². The number of benzene rings is 2. The van der Waals surface area contributed by atoms with E-state index >= 15 is 0 Å². The molecular formula is C16H16FN. The molecule has 0 saturated carbocycles. The zero-order valence-corrected chi connectivity index (χ0v) is 10.8. The predicted octanol–water partition coefficient (Wildman–Crippen LogP) is 4.76. The second-order valence-corrected chi connectivity index (χ2v) is 5.83. The van der Waals surface area contributed by atoms with Crippen LogP contribution < -0.4 is 0 Å². The Bertz CT molecular complexity index is 732. The lowest BCUT2D eigenvalue weighted by atomic mass is 9.86. The molecule has 0 fully saturated rings. The van der Waals surface area contributed by atoms with Crippen LogP contribution in [-0.4, -0.2) is 4.98 Å². The molecule has 0 aliphatic heterocycles. The van der Waals surface area contributed by atoms with Crippen LogP contribution in [0.1, 0.15) is 26.3 Å². The molecule has 92 valence electrons. The van der Waals surface area contributed by atoms with Crippen molar-refractivity contribution in [2.45, 2.75) is 26.2 Å². The summed E-state index contributed by atoms with van der Waals surface area (Å²) in [7, 11) is 0. The van der Waals surface area contributed by atoms with Gasteiger partial charge in [-0.15, -0.1) is 0 Å². The number of nitrogens with one attached hydrogen (secondary N) is 1. The third-order valence-electron chi connectivity index (χ3n) is 3.43. The third-order valence-corrected chi connectivity index (χ3v) is 3.43. The van der Waals surface area contributed by atoms with Crippen molar-refractivity contribution in [3.05, 3.63) is 47.8 Å². The van der Waals surface area contributed by atoms with Crippen LogP contribution in [0.15, 0.2) is 36.4 Å². The Morgan fingerprint density at radius 1 is 0.889 bits per heavy atom. The maximum atomic E-state index is 13.4. The fraction of sp³-hybridized carbons (Fsp3) is 0.250. The Balaban J connectivity index is 2.38. The van der Waals surface area contributed by atoms with Gasteiger partial charge in [0.15, 0.2) is 0 Å². The molecule has 1 heterocycles. The molecule has 3 rings (SSSR count). The molecule has 3 aromatic rings. The van der Waals surface area contributed by atoms with E-state index < -0.39 is 0 Å². The first-order valence-corrected chi connectivity index (χ1v) is 6.17. The zero-order chi connectivity index (χ0) is 12.9. The van der Waals surface area contributed by atoms with E-state index in [-0.39, 0.29) is 11.2 Å². The molecule has 0 bridgehead atoms. The second-order valence-electron chi connectivity index (χ2n) is 5.83. The Morgan fingerprint density at radius 3 is 2.17 bits per heavy atom. The lowest BCUT2D eigenvalue weighted by Crippen LogP contribution is -2.10. The summed E-state index contributed by atoms with van der Waals surface area (Å²) in [6, 6.07) is 11.2. The molecule has 2 aromatic carbocycles. The highest BCUT2D eigenvalue weighted by Gasteiger charge is 2.15. The van der Waals surface area contributed by atoms with Gasteiger partial charge in [0.2, 0.25) is 0 Å². The van der Waals surface area contributed by atoms with Crippen molar-refractivity contribution >= 4 is 21.8 Å². The minimum atomic E-state index is -0.190. The van der Waals surface area contributed by atoms with E-state index in [2.05, 4.69) is 44.0 Å². The predicted molar refractivity (Wildman–Crippen MR) is 74.5 cm³/mol. The molecule has 2 heteroatoms. The maximum Gasteiger partial charge on any atom is 0.123 e. The van der Waals surface area contributed by atoms with Crippen LogP contribution in [0.3, 0.4) is 0 Å². The number of rotatable bonds is 0. The van der Waals surface area contributed by atoms with Crippen LogP contribution >= 0.6 is 0 Å². The van der Waals surface area contributed by atoms with Gasteiger partial charge < -0.3 is 4.98 Å². The number of aromatic amines is 1. The normalized spacial score (nSPS) is 12.4. The van der Waals surface area contributed by atoms with Crippen molar-refractivity contribution < 1.29 is 4.39 Å². The number of H-pyrrole nitrogens is 1. The molecule has 1 N–H and O–H groups in total. The summed E-state index contributed by atoms with van der Waals surface area (Å²) in [5, 5.41) is 2.05. The standard InChI is InChI=1S/C16H16FN/c1-16(2,3)10-4-6-14-12(8-10)13-9-11(17)5-7-15(13)18-14/h4-9,18H,1-3H3. The molecule has 0 aliphatic carbocycles. The van der Waals surface area contributed by atoms with E-state index in [4.69, 9.17) is 0 Å². The number of hydrogen-bond donors (Lipinski definition) is 1. The fourth-order valence-corrected chi connectivity index (χ4v) is 2.34. The summed E-state index contributed by atoms with van der Waals surface area (Å²) in [6.07, 6.45) is 0. The maximum absolute atomic E-state index is 13.4. The summed E-state index contributed by atoms with van der Waals surface area (Å²) in [4.78, 5) is 3.32. The number of halogens is 1. The summed E-state index contributed by atoms with van der Waals surface area (Å²) in [5.74, 6) is -0.190. The molecular weight excluding hydrogens is 225 g/mol. The van der Waals surface area contributed by atoms with Gasteiger partial charge in [0.25, 0.3) is 0 Å². The fourth-order valence-electron chi connectivity index (χ4n) is 2.34. The van der Waals surface area contributed by atoms with Gasteiger partial charge in [0, 0.05) is 21.8 Å². The number of fused-ring (bicyclic) bond motifs is 3. The first kappa shape index (κ1) is 11.3. The monoisotopic (exact) mass is 241 g/mol. The smallest absolute Gasteiger partial charge is 0.123 e. The van der Waals surface area contributed by atoms with Crippen molar-refractivity contribution in [2.75, 3.05) is 0 Å². The molecule has 0 unspecified atom stereocenters. The highest BCUT2D eigenvalue weighted by Crippen LogP contribution is 2.30. The molecule has 1 aromatic heterocycles. The van der Waals surface area contributed by atoms with Crippen molar-refractivity contribution in [2.24, 2.45) is 0 Å². The molecule has 0 radical (unpaired) electrons. The zero-order valence-electron chi connectivity index (χ0n) is 10.8. The molecule has 0 aliphatic rings. The third kappa shape index (κ3) is 1.69. The van der Waals surface area contributed by atoms with Gasteiger partial charge in [-0.05, 0) is 41.3 Å². The first-order valence-electron chi connectivity index (χ1n) is 6.17. The van der Waals surface area contributed by atoms with Crippen LogP contribution in [0, 0.1) is 5.82 Å². The van der Waals surface area contributed by atoms with Gasteiger partial charge in [0.05, 0.1) is 0 Å². The molecule has 0 atom stereocenters. The van der Waals surface area contributed by atoms with Crippen molar-refractivity contribution in [1.82, 2.24) is 4.98 Å². The summed E-state index contributed by atoms with van der Waals surface area (Å²) in [6.45, 7) is 6.55. The Morgan fingerprint density at radius 2 is 1.50 bits per heavy atom. The molecule has 1 nitrogen and oxygen atoms in total.